The van der Waals surface area contributed by atoms with Crippen molar-refractivity contribution >= 4 is 30.4 Å². The van der Waals surface area contributed by atoms with Crippen LogP contribution in [-0.4, -0.2) is 18.5 Å². The highest BCUT2D eigenvalue weighted by molar-refractivity contribution is 7.82. The Labute approximate surface area is 157 Å². The SMILES string of the molecule is NC(=O)c1ccc(N(S)C(=O)NCCc2cc(F)cc(C(F)(F)F)c2)cc1. The minimum absolute atomic E-state index is 0.00515. The molecule has 144 valence electrons. The molecule has 3 amide bonds. The number of halogens is 4. The second-order valence-corrected chi connectivity index (χ2v) is 5.95. The molecule has 2 rings (SSSR count). The van der Waals surface area contributed by atoms with Gasteiger partial charge in [-0.1, -0.05) is 12.8 Å². The third-order valence-corrected chi connectivity index (χ3v) is 3.98. The number of carbonyl (C=O) groups is 2. The van der Waals surface area contributed by atoms with Crippen molar-refractivity contribution < 1.29 is 27.2 Å². The van der Waals surface area contributed by atoms with Crippen LogP contribution in [0.1, 0.15) is 21.5 Å². The second-order valence-electron chi connectivity index (χ2n) is 5.55. The lowest BCUT2D eigenvalue weighted by atomic mass is 10.1. The number of hydrogen-bond acceptors (Lipinski definition) is 3. The summed E-state index contributed by atoms with van der Waals surface area (Å²) in [4.78, 5) is 23.1. The maximum absolute atomic E-state index is 13.3. The van der Waals surface area contributed by atoms with Crippen molar-refractivity contribution in [3.05, 3.63) is 65.0 Å². The average Bonchev–Trinajstić information content (AvgIpc) is 2.60. The van der Waals surface area contributed by atoms with Crippen molar-refractivity contribution in [2.24, 2.45) is 5.73 Å². The maximum atomic E-state index is 13.3. The van der Waals surface area contributed by atoms with E-state index in [9.17, 15) is 27.2 Å². The van der Waals surface area contributed by atoms with Crippen LogP contribution in [0.5, 0.6) is 0 Å². The molecule has 0 aromatic heterocycles. The molecule has 3 N–H and O–H groups in total. The number of nitrogens with two attached hydrogens (primary N) is 1. The predicted molar refractivity (Wildman–Crippen MR) is 94.9 cm³/mol. The number of amides is 3. The quantitative estimate of drug-likeness (QED) is 0.530. The van der Waals surface area contributed by atoms with E-state index in [1.165, 1.54) is 24.3 Å². The highest BCUT2D eigenvalue weighted by Gasteiger charge is 2.31. The van der Waals surface area contributed by atoms with E-state index in [0.717, 1.165) is 16.4 Å². The van der Waals surface area contributed by atoms with Crippen LogP contribution < -0.4 is 15.4 Å². The lowest BCUT2D eigenvalue weighted by Crippen LogP contribution is -2.35. The number of nitrogens with zero attached hydrogens (tertiary/aromatic N) is 1. The van der Waals surface area contributed by atoms with Gasteiger partial charge in [0.05, 0.1) is 11.3 Å². The van der Waals surface area contributed by atoms with E-state index in [2.05, 4.69) is 18.1 Å². The Morgan fingerprint density at radius 2 is 1.74 bits per heavy atom. The Hall–Kier alpha value is -2.75. The summed E-state index contributed by atoms with van der Waals surface area (Å²) in [6, 6.07) is 7.31. The molecule has 0 radical (unpaired) electrons. The molecule has 27 heavy (non-hydrogen) atoms. The zero-order valence-corrected chi connectivity index (χ0v) is 14.7. The average molecular weight is 401 g/mol. The highest BCUT2D eigenvalue weighted by atomic mass is 32.1. The van der Waals surface area contributed by atoms with Crippen LogP contribution in [0.3, 0.4) is 0 Å². The minimum atomic E-state index is -4.65. The number of hydrogen-bond donors (Lipinski definition) is 3. The normalized spacial score (nSPS) is 11.1. The zero-order valence-electron chi connectivity index (χ0n) is 13.8. The Kier molecular flexibility index (Phi) is 6.32. The van der Waals surface area contributed by atoms with Crippen LogP contribution in [0, 0.1) is 5.82 Å². The summed E-state index contributed by atoms with van der Waals surface area (Å²) in [5, 5.41) is 2.46. The number of benzene rings is 2. The number of primary amides is 1. The van der Waals surface area contributed by atoms with Crippen molar-refractivity contribution in [2.45, 2.75) is 12.6 Å². The lowest BCUT2D eigenvalue weighted by molar-refractivity contribution is -0.137. The fourth-order valence-electron chi connectivity index (χ4n) is 2.23. The number of nitrogens with one attached hydrogen (secondary N) is 1. The van der Waals surface area contributed by atoms with Crippen molar-refractivity contribution in [3.8, 4) is 0 Å². The van der Waals surface area contributed by atoms with Crippen LogP contribution in [0.4, 0.5) is 28.0 Å². The number of urea groups is 1. The molecule has 0 unspecified atom stereocenters. The molecule has 0 saturated heterocycles. The first-order valence-corrected chi connectivity index (χ1v) is 8.01. The van der Waals surface area contributed by atoms with E-state index >= 15 is 0 Å². The van der Waals surface area contributed by atoms with Gasteiger partial charge in [0, 0.05) is 12.1 Å². The molecule has 0 spiro atoms. The van der Waals surface area contributed by atoms with Crippen molar-refractivity contribution in [1.82, 2.24) is 5.32 Å². The summed E-state index contributed by atoms with van der Waals surface area (Å²) >= 11 is 4.03. The van der Waals surface area contributed by atoms with Gasteiger partial charge < -0.3 is 11.1 Å². The van der Waals surface area contributed by atoms with E-state index in [-0.39, 0.29) is 24.1 Å². The third-order valence-electron chi connectivity index (χ3n) is 3.56. The molecule has 2 aromatic carbocycles. The summed E-state index contributed by atoms with van der Waals surface area (Å²) in [7, 11) is 0. The van der Waals surface area contributed by atoms with Gasteiger partial charge in [-0.2, -0.15) is 13.2 Å². The van der Waals surface area contributed by atoms with Gasteiger partial charge in [0.15, 0.2) is 0 Å². The van der Waals surface area contributed by atoms with Crippen molar-refractivity contribution in [3.63, 3.8) is 0 Å². The molecule has 0 atom stereocenters. The Morgan fingerprint density at radius 1 is 1.11 bits per heavy atom. The van der Waals surface area contributed by atoms with Gasteiger partial charge in [-0.25, -0.2) is 13.5 Å². The van der Waals surface area contributed by atoms with Gasteiger partial charge in [-0.3, -0.25) is 4.79 Å². The van der Waals surface area contributed by atoms with Gasteiger partial charge >= 0.3 is 12.2 Å². The number of alkyl halides is 3. The standard InChI is InChI=1S/C17H15F4N3O2S/c18-13-8-10(7-12(9-13)17(19,20)21)5-6-23-16(26)24(27)14-3-1-11(2-4-14)15(22)25/h1-4,7-9,27H,5-6H2,(H2,22,25)(H,23,26). The maximum Gasteiger partial charge on any atom is 0.416 e. The molecule has 0 fully saturated rings. The van der Waals surface area contributed by atoms with Gasteiger partial charge in [0.25, 0.3) is 0 Å². The minimum Gasteiger partial charge on any atom is -0.366 e. The van der Waals surface area contributed by atoms with Gasteiger partial charge in [0.2, 0.25) is 5.91 Å². The predicted octanol–water partition coefficient (Wildman–Crippen LogP) is 3.55. The lowest BCUT2D eigenvalue weighted by Gasteiger charge is -2.17. The largest absolute Gasteiger partial charge is 0.416 e. The topological polar surface area (TPSA) is 75.4 Å². The summed E-state index contributed by atoms with van der Waals surface area (Å²) in [6.07, 6.45) is -4.66. The van der Waals surface area contributed by atoms with Gasteiger partial charge in [0.1, 0.15) is 5.82 Å². The number of rotatable bonds is 5. The molecule has 10 heteroatoms. The molecule has 0 bridgehead atoms. The van der Waals surface area contributed by atoms with Crippen molar-refractivity contribution in [2.75, 3.05) is 10.8 Å². The van der Waals surface area contributed by atoms with E-state index in [1.54, 1.807) is 0 Å². The third kappa shape index (κ3) is 5.61. The number of anilines is 1. The number of carbonyl (C=O) groups excluding carboxylic acids is 2. The van der Waals surface area contributed by atoms with Gasteiger partial charge in [-0.05, 0) is 54.4 Å². The van der Waals surface area contributed by atoms with Crippen LogP contribution in [-0.2, 0) is 12.6 Å². The Morgan fingerprint density at radius 3 is 2.30 bits per heavy atom. The fraction of sp³-hybridized carbons (Fsp3) is 0.176. The summed E-state index contributed by atoms with van der Waals surface area (Å²) < 4.78 is 52.4. The second kappa shape index (κ2) is 8.30. The van der Waals surface area contributed by atoms with E-state index in [1.807, 2.05) is 0 Å². The molecule has 0 aliphatic carbocycles. The summed E-state index contributed by atoms with van der Waals surface area (Å²) in [5.74, 6) is -1.62. The van der Waals surface area contributed by atoms with Crippen LogP contribution in [0.25, 0.3) is 0 Å². The molecule has 0 heterocycles. The van der Waals surface area contributed by atoms with E-state index in [0.29, 0.717) is 11.8 Å². The van der Waals surface area contributed by atoms with Crippen molar-refractivity contribution in [1.29, 1.82) is 0 Å². The van der Waals surface area contributed by atoms with Gasteiger partial charge in [-0.15, -0.1) is 0 Å². The first kappa shape index (κ1) is 20.6. The van der Waals surface area contributed by atoms with Crippen LogP contribution in [0.15, 0.2) is 42.5 Å². The van der Waals surface area contributed by atoms with E-state index < -0.39 is 29.5 Å². The molecule has 2 aromatic rings. The molecule has 0 aliphatic rings. The molecule has 0 saturated carbocycles. The first-order valence-electron chi connectivity index (χ1n) is 7.61. The first-order chi connectivity index (χ1) is 12.6. The van der Waals surface area contributed by atoms with Crippen LogP contribution in [0.2, 0.25) is 0 Å². The smallest absolute Gasteiger partial charge is 0.366 e. The number of thiol groups is 1. The molecule has 0 aliphatic heterocycles. The summed E-state index contributed by atoms with van der Waals surface area (Å²) in [5.41, 5.74) is 4.74. The molecular weight excluding hydrogens is 386 g/mol. The highest BCUT2D eigenvalue weighted by Crippen LogP contribution is 2.30. The molecule has 5 nitrogen and oxygen atoms in total. The zero-order chi connectivity index (χ0) is 20.2. The fourth-order valence-corrected chi connectivity index (χ4v) is 2.44. The monoisotopic (exact) mass is 401 g/mol. The molecular formula is C17H15F4N3O2S. The summed E-state index contributed by atoms with van der Waals surface area (Å²) in [6.45, 7) is -0.0317. The van der Waals surface area contributed by atoms with E-state index in [4.69, 9.17) is 5.73 Å². The Bertz CT molecular complexity index is 841. The van der Waals surface area contributed by atoms with Crippen LogP contribution >= 0.6 is 12.8 Å². The Balaban J connectivity index is 1.95.